The highest BCUT2D eigenvalue weighted by Gasteiger charge is 2.22. The van der Waals surface area contributed by atoms with Crippen molar-refractivity contribution in [2.45, 2.75) is 0 Å². The Balaban J connectivity index is 2.29. The zero-order valence-electron chi connectivity index (χ0n) is 11.0. The van der Waals surface area contributed by atoms with E-state index in [0.29, 0.717) is 32.7 Å². The van der Waals surface area contributed by atoms with Crippen molar-refractivity contribution in [3.05, 3.63) is 0 Å². The predicted octanol–water partition coefficient (Wildman–Crippen LogP) is -0.965. The number of carbonyl (C=O) groups excluding carboxylic acids is 2. The number of carbonyl (C=O) groups is 2. The maximum atomic E-state index is 11.7. The summed E-state index contributed by atoms with van der Waals surface area (Å²) in [5.74, 6) is 2.29. The zero-order chi connectivity index (χ0) is 13.5. The molecule has 0 spiro atoms. The molecule has 1 aliphatic rings. The Kier molecular flexibility index (Phi) is 5.46. The van der Waals surface area contributed by atoms with E-state index in [1.807, 2.05) is 4.90 Å². The van der Waals surface area contributed by atoms with Gasteiger partial charge in [-0.3, -0.25) is 9.69 Å². The second-order valence-corrected chi connectivity index (χ2v) is 4.42. The van der Waals surface area contributed by atoms with Crippen molar-refractivity contribution in [2.75, 3.05) is 53.4 Å². The number of terminal acetylenes is 1. The molecule has 1 rings (SSSR count). The summed E-state index contributed by atoms with van der Waals surface area (Å²) < 4.78 is 0. The molecule has 1 aliphatic heterocycles. The number of piperazine rings is 1. The molecule has 18 heavy (non-hydrogen) atoms. The normalized spacial score (nSPS) is 15.9. The fourth-order valence-corrected chi connectivity index (χ4v) is 1.79. The summed E-state index contributed by atoms with van der Waals surface area (Å²) in [7, 11) is 3.48. The Bertz CT molecular complexity index is 340. The zero-order valence-corrected chi connectivity index (χ0v) is 11.0. The molecule has 1 saturated heterocycles. The van der Waals surface area contributed by atoms with E-state index in [4.69, 9.17) is 6.42 Å². The molecule has 6 heteroatoms. The van der Waals surface area contributed by atoms with Crippen LogP contribution in [0.25, 0.3) is 0 Å². The number of amides is 3. The highest BCUT2D eigenvalue weighted by Crippen LogP contribution is 2.03. The first kappa shape index (κ1) is 14.3. The number of rotatable bonds is 3. The van der Waals surface area contributed by atoms with Crippen LogP contribution in [0.3, 0.4) is 0 Å². The predicted molar refractivity (Wildman–Crippen MR) is 68.9 cm³/mol. The molecule has 0 aromatic rings. The largest absolute Gasteiger partial charge is 0.344 e. The lowest BCUT2D eigenvalue weighted by molar-refractivity contribution is -0.122. The second kappa shape index (κ2) is 6.87. The van der Waals surface area contributed by atoms with Crippen LogP contribution in [-0.2, 0) is 4.79 Å². The second-order valence-electron chi connectivity index (χ2n) is 4.42. The quantitative estimate of drug-likeness (QED) is 0.658. The molecule has 0 aromatic carbocycles. The minimum absolute atomic E-state index is 0.0198. The smallest absolute Gasteiger partial charge is 0.319 e. The van der Waals surface area contributed by atoms with Gasteiger partial charge in [0, 0.05) is 40.3 Å². The van der Waals surface area contributed by atoms with E-state index < -0.39 is 0 Å². The first-order valence-corrected chi connectivity index (χ1v) is 5.93. The SMILES string of the molecule is C#CCNC(=O)CN1CCN(C(=O)N(C)C)CC1. The fourth-order valence-electron chi connectivity index (χ4n) is 1.79. The van der Waals surface area contributed by atoms with Crippen LogP contribution in [0.4, 0.5) is 4.79 Å². The molecule has 0 aromatic heterocycles. The number of nitrogens with one attached hydrogen (secondary N) is 1. The van der Waals surface area contributed by atoms with Gasteiger partial charge in [-0.05, 0) is 0 Å². The number of hydrogen-bond donors (Lipinski definition) is 1. The van der Waals surface area contributed by atoms with Crippen LogP contribution in [-0.4, -0.2) is 80.0 Å². The molecule has 0 bridgehead atoms. The molecular weight excluding hydrogens is 232 g/mol. The van der Waals surface area contributed by atoms with E-state index in [9.17, 15) is 9.59 Å². The van der Waals surface area contributed by atoms with Crippen molar-refractivity contribution >= 4 is 11.9 Å². The van der Waals surface area contributed by atoms with Gasteiger partial charge in [-0.1, -0.05) is 5.92 Å². The molecule has 0 radical (unpaired) electrons. The van der Waals surface area contributed by atoms with Gasteiger partial charge in [0.15, 0.2) is 0 Å². The summed E-state index contributed by atoms with van der Waals surface area (Å²) in [6.45, 7) is 3.33. The van der Waals surface area contributed by atoms with Gasteiger partial charge in [-0.15, -0.1) is 6.42 Å². The maximum absolute atomic E-state index is 11.7. The van der Waals surface area contributed by atoms with E-state index in [2.05, 4.69) is 11.2 Å². The minimum atomic E-state index is -0.0691. The Morgan fingerprint density at radius 3 is 2.39 bits per heavy atom. The molecule has 0 atom stereocenters. The molecule has 100 valence electrons. The van der Waals surface area contributed by atoms with Gasteiger partial charge in [0.05, 0.1) is 13.1 Å². The summed E-state index contributed by atoms with van der Waals surface area (Å²) in [5.41, 5.74) is 0. The minimum Gasteiger partial charge on any atom is -0.344 e. The molecule has 0 unspecified atom stereocenters. The Labute approximate surface area is 108 Å². The van der Waals surface area contributed by atoms with Gasteiger partial charge in [-0.25, -0.2) is 4.79 Å². The maximum Gasteiger partial charge on any atom is 0.319 e. The van der Waals surface area contributed by atoms with Crippen LogP contribution in [0.1, 0.15) is 0 Å². The monoisotopic (exact) mass is 252 g/mol. The van der Waals surface area contributed by atoms with Gasteiger partial charge >= 0.3 is 6.03 Å². The first-order valence-electron chi connectivity index (χ1n) is 5.93. The van der Waals surface area contributed by atoms with Crippen molar-refractivity contribution in [3.63, 3.8) is 0 Å². The van der Waals surface area contributed by atoms with E-state index in [0.717, 1.165) is 0 Å². The van der Waals surface area contributed by atoms with Crippen LogP contribution >= 0.6 is 0 Å². The third-order valence-corrected chi connectivity index (χ3v) is 2.78. The number of nitrogens with zero attached hydrogens (tertiary/aromatic N) is 3. The van der Waals surface area contributed by atoms with Gasteiger partial charge in [0.25, 0.3) is 0 Å². The Hall–Kier alpha value is -1.74. The average Bonchev–Trinajstić information content (AvgIpc) is 2.36. The molecule has 0 saturated carbocycles. The van der Waals surface area contributed by atoms with Gasteiger partial charge in [-0.2, -0.15) is 0 Å². The third kappa shape index (κ3) is 4.26. The molecule has 0 aliphatic carbocycles. The van der Waals surface area contributed by atoms with E-state index >= 15 is 0 Å². The van der Waals surface area contributed by atoms with Crippen LogP contribution in [0.5, 0.6) is 0 Å². The topological polar surface area (TPSA) is 55.9 Å². The number of hydrogen-bond acceptors (Lipinski definition) is 3. The van der Waals surface area contributed by atoms with E-state index in [1.165, 1.54) is 0 Å². The summed E-state index contributed by atoms with van der Waals surface area (Å²) in [6.07, 6.45) is 5.06. The van der Waals surface area contributed by atoms with Crippen LogP contribution < -0.4 is 5.32 Å². The van der Waals surface area contributed by atoms with E-state index in [1.54, 1.807) is 23.9 Å². The van der Waals surface area contributed by atoms with Crippen LogP contribution in [0.2, 0.25) is 0 Å². The summed E-state index contributed by atoms with van der Waals surface area (Å²) >= 11 is 0. The number of urea groups is 1. The Morgan fingerprint density at radius 2 is 1.89 bits per heavy atom. The highest BCUT2D eigenvalue weighted by atomic mass is 16.2. The van der Waals surface area contributed by atoms with E-state index in [-0.39, 0.29) is 18.5 Å². The molecule has 1 N–H and O–H groups in total. The lowest BCUT2D eigenvalue weighted by Crippen LogP contribution is -2.53. The fraction of sp³-hybridized carbons (Fsp3) is 0.667. The third-order valence-electron chi connectivity index (χ3n) is 2.78. The average molecular weight is 252 g/mol. The summed E-state index contributed by atoms with van der Waals surface area (Å²) in [5, 5.41) is 2.63. The first-order chi connectivity index (χ1) is 8.54. The highest BCUT2D eigenvalue weighted by molar-refractivity contribution is 5.78. The molecular formula is C12H20N4O2. The summed E-state index contributed by atoms with van der Waals surface area (Å²) in [4.78, 5) is 28.5. The lowest BCUT2D eigenvalue weighted by atomic mass is 10.3. The molecule has 1 heterocycles. The van der Waals surface area contributed by atoms with Gasteiger partial charge < -0.3 is 15.1 Å². The van der Waals surface area contributed by atoms with Gasteiger partial charge in [0.2, 0.25) is 5.91 Å². The molecule has 3 amide bonds. The van der Waals surface area contributed by atoms with Crippen LogP contribution in [0, 0.1) is 12.3 Å². The lowest BCUT2D eigenvalue weighted by Gasteiger charge is -2.35. The Morgan fingerprint density at radius 1 is 1.28 bits per heavy atom. The van der Waals surface area contributed by atoms with Crippen molar-refractivity contribution in [1.29, 1.82) is 0 Å². The molecule has 6 nitrogen and oxygen atoms in total. The molecule has 1 fully saturated rings. The van der Waals surface area contributed by atoms with Gasteiger partial charge in [0.1, 0.15) is 0 Å². The van der Waals surface area contributed by atoms with Crippen LogP contribution in [0.15, 0.2) is 0 Å². The summed E-state index contributed by atoms with van der Waals surface area (Å²) in [6, 6.07) is 0.0198. The van der Waals surface area contributed by atoms with Crippen molar-refractivity contribution in [3.8, 4) is 12.3 Å². The van der Waals surface area contributed by atoms with Crippen molar-refractivity contribution < 1.29 is 9.59 Å². The van der Waals surface area contributed by atoms with Crippen molar-refractivity contribution in [2.24, 2.45) is 0 Å². The standard InChI is InChI=1S/C12H20N4O2/c1-4-5-13-11(17)10-15-6-8-16(9-7-15)12(18)14(2)3/h1H,5-10H2,2-3H3,(H,13,17). The van der Waals surface area contributed by atoms with Crippen molar-refractivity contribution in [1.82, 2.24) is 20.0 Å².